The standard InChI is InChI=1S/C19H16Cl2FNO/c1-12-2-5-14-11-15(22)6-8-18(14)23(12)19(24)9-4-13-3-7-16(20)17(21)10-13/h3-4,6-12H,2,5H2,1H3/b9-4+/t12-/m1/s1. The highest BCUT2D eigenvalue weighted by Gasteiger charge is 2.27. The Balaban J connectivity index is 1.86. The van der Waals surface area contributed by atoms with Crippen LogP contribution in [0.5, 0.6) is 0 Å². The first-order chi connectivity index (χ1) is 11.5. The van der Waals surface area contributed by atoms with Crippen molar-refractivity contribution in [2.24, 2.45) is 0 Å². The van der Waals surface area contributed by atoms with E-state index in [2.05, 4.69) is 0 Å². The molecule has 24 heavy (non-hydrogen) atoms. The summed E-state index contributed by atoms with van der Waals surface area (Å²) < 4.78 is 13.4. The first-order valence-corrected chi connectivity index (χ1v) is 8.46. The number of halogens is 3. The Kier molecular flexibility index (Phi) is 4.93. The fraction of sp³-hybridized carbons (Fsp3) is 0.211. The van der Waals surface area contributed by atoms with E-state index in [-0.39, 0.29) is 17.8 Å². The van der Waals surface area contributed by atoms with Crippen LogP contribution < -0.4 is 4.90 Å². The summed E-state index contributed by atoms with van der Waals surface area (Å²) >= 11 is 11.9. The van der Waals surface area contributed by atoms with Gasteiger partial charge in [-0.3, -0.25) is 4.79 Å². The molecule has 1 amide bonds. The fourth-order valence-corrected chi connectivity index (χ4v) is 3.23. The van der Waals surface area contributed by atoms with Crippen LogP contribution in [0.1, 0.15) is 24.5 Å². The van der Waals surface area contributed by atoms with Gasteiger partial charge in [-0.2, -0.15) is 0 Å². The minimum atomic E-state index is -0.276. The third-order valence-corrected chi connectivity index (χ3v) is 4.91. The molecule has 0 radical (unpaired) electrons. The molecule has 0 saturated heterocycles. The van der Waals surface area contributed by atoms with Crippen LogP contribution in [0.15, 0.2) is 42.5 Å². The van der Waals surface area contributed by atoms with Crippen molar-refractivity contribution >= 4 is 40.9 Å². The van der Waals surface area contributed by atoms with Crippen molar-refractivity contribution in [3.8, 4) is 0 Å². The summed E-state index contributed by atoms with van der Waals surface area (Å²) in [6, 6.07) is 9.82. The highest BCUT2D eigenvalue weighted by Crippen LogP contribution is 2.31. The molecule has 3 rings (SSSR count). The number of hydrogen-bond acceptors (Lipinski definition) is 1. The number of carbonyl (C=O) groups is 1. The molecule has 124 valence electrons. The predicted molar refractivity (Wildman–Crippen MR) is 97.2 cm³/mol. The lowest BCUT2D eigenvalue weighted by Gasteiger charge is -2.34. The maximum Gasteiger partial charge on any atom is 0.251 e. The van der Waals surface area contributed by atoms with E-state index >= 15 is 0 Å². The molecule has 0 spiro atoms. The van der Waals surface area contributed by atoms with Gasteiger partial charge < -0.3 is 4.90 Å². The molecule has 0 saturated carbocycles. The Bertz CT molecular complexity index is 819. The third-order valence-electron chi connectivity index (χ3n) is 4.17. The summed E-state index contributed by atoms with van der Waals surface area (Å²) in [5.74, 6) is -0.414. The third kappa shape index (κ3) is 3.47. The van der Waals surface area contributed by atoms with Gasteiger partial charge >= 0.3 is 0 Å². The molecule has 2 aromatic carbocycles. The van der Waals surface area contributed by atoms with E-state index in [1.165, 1.54) is 18.2 Å². The van der Waals surface area contributed by atoms with E-state index in [1.807, 2.05) is 6.92 Å². The number of hydrogen-bond donors (Lipinski definition) is 0. The van der Waals surface area contributed by atoms with Gasteiger partial charge in [0.25, 0.3) is 5.91 Å². The molecule has 0 aliphatic carbocycles. The molecule has 2 nitrogen and oxygen atoms in total. The number of carbonyl (C=O) groups excluding carboxylic acids is 1. The second-order valence-electron chi connectivity index (χ2n) is 5.88. The van der Waals surface area contributed by atoms with Crippen LogP contribution in [0, 0.1) is 5.82 Å². The summed E-state index contributed by atoms with van der Waals surface area (Å²) in [5.41, 5.74) is 2.44. The monoisotopic (exact) mass is 363 g/mol. The van der Waals surface area contributed by atoms with Crippen LogP contribution in [-0.2, 0) is 11.2 Å². The van der Waals surface area contributed by atoms with Crippen LogP contribution in [0.3, 0.4) is 0 Å². The van der Waals surface area contributed by atoms with Crippen LogP contribution in [0.2, 0.25) is 10.0 Å². The quantitative estimate of drug-likeness (QED) is 0.643. The molecule has 5 heteroatoms. The number of rotatable bonds is 2. The van der Waals surface area contributed by atoms with Gasteiger partial charge in [0.2, 0.25) is 0 Å². The van der Waals surface area contributed by atoms with Crippen molar-refractivity contribution in [1.82, 2.24) is 0 Å². The normalized spacial score (nSPS) is 17.2. The van der Waals surface area contributed by atoms with E-state index in [0.29, 0.717) is 10.0 Å². The molecule has 0 unspecified atom stereocenters. The Morgan fingerprint density at radius 2 is 2.00 bits per heavy atom. The van der Waals surface area contributed by atoms with Gasteiger partial charge in [0.05, 0.1) is 10.0 Å². The molecule has 0 aromatic heterocycles. The first kappa shape index (κ1) is 17.0. The van der Waals surface area contributed by atoms with Gasteiger partial charge in [0, 0.05) is 17.8 Å². The number of anilines is 1. The molecular weight excluding hydrogens is 348 g/mol. The Labute approximate surface area is 150 Å². The Morgan fingerprint density at radius 1 is 1.21 bits per heavy atom. The molecule has 1 aliphatic heterocycles. The highest BCUT2D eigenvalue weighted by molar-refractivity contribution is 6.42. The molecule has 0 N–H and O–H groups in total. The minimum Gasteiger partial charge on any atom is -0.306 e. The van der Waals surface area contributed by atoms with E-state index in [1.54, 1.807) is 35.2 Å². The van der Waals surface area contributed by atoms with Gasteiger partial charge in [-0.25, -0.2) is 4.39 Å². The number of amides is 1. The van der Waals surface area contributed by atoms with Crippen LogP contribution in [-0.4, -0.2) is 11.9 Å². The van der Waals surface area contributed by atoms with Gasteiger partial charge in [-0.05, 0) is 67.3 Å². The van der Waals surface area contributed by atoms with Gasteiger partial charge in [0.1, 0.15) is 5.82 Å². The van der Waals surface area contributed by atoms with Crippen LogP contribution in [0.25, 0.3) is 6.08 Å². The fourth-order valence-electron chi connectivity index (χ4n) is 2.92. The predicted octanol–water partition coefficient (Wildman–Crippen LogP) is 5.51. The largest absolute Gasteiger partial charge is 0.306 e. The Hall–Kier alpha value is -1.84. The SMILES string of the molecule is C[C@@H]1CCc2cc(F)ccc2N1C(=O)/C=C/c1ccc(Cl)c(Cl)c1. The van der Waals surface area contributed by atoms with Crippen molar-refractivity contribution < 1.29 is 9.18 Å². The number of aryl methyl sites for hydroxylation is 1. The van der Waals surface area contributed by atoms with Crippen molar-refractivity contribution in [2.75, 3.05) is 4.90 Å². The van der Waals surface area contributed by atoms with Gasteiger partial charge in [-0.15, -0.1) is 0 Å². The summed E-state index contributed by atoms with van der Waals surface area (Å²) in [4.78, 5) is 14.4. The van der Waals surface area contributed by atoms with Crippen LogP contribution >= 0.6 is 23.2 Å². The number of nitrogens with zero attached hydrogens (tertiary/aromatic N) is 1. The highest BCUT2D eigenvalue weighted by atomic mass is 35.5. The second-order valence-corrected chi connectivity index (χ2v) is 6.69. The molecule has 0 bridgehead atoms. The van der Waals surface area contributed by atoms with E-state index in [9.17, 15) is 9.18 Å². The summed E-state index contributed by atoms with van der Waals surface area (Å²) in [7, 11) is 0. The zero-order chi connectivity index (χ0) is 17.3. The number of fused-ring (bicyclic) bond motifs is 1. The molecule has 1 atom stereocenters. The topological polar surface area (TPSA) is 20.3 Å². The van der Waals surface area contributed by atoms with Crippen molar-refractivity contribution in [3.63, 3.8) is 0 Å². The lowest BCUT2D eigenvalue weighted by atomic mass is 9.96. The van der Waals surface area contributed by atoms with Crippen molar-refractivity contribution in [2.45, 2.75) is 25.8 Å². The summed E-state index contributed by atoms with van der Waals surface area (Å²) in [5, 5.41) is 0.916. The van der Waals surface area contributed by atoms with E-state index in [4.69, 9.17) is 23.2 Å². The van der Waals surface area contributed by atoms with E-state index < -0.39 is 0 Å². The lowest BCUT2D eigenvalue weighted by Crippen LogP contribution is -2.41. The maximum absolute atomic E-state index is 13.4. The summed E-state index contributed by atoms with van der Waals surface area (Å²) in [6.07, 6.45) is 4.79. The smallest absolute Gasteiger partial charge is 0.251 e. The van der Waals surface area contributed by atoms with E-state index in [0.717, 1.165) is 29.7 Å². The average Bonchev–Trinajstić information content (AvgIpc) is 2.55. The van der Waals surface area contributed by atoms with Gasteiger partial charge in [-0.1, -0.05) is 29.3 Å². The minimum absolute atomic E-state index is 0.0638. The first-order valence-electron chi connectivity index (χ1n) is 7.70. The van der Waals surface area contributed by atoms with Crippen molar-refractivity contribution in [1.29, 1.82) is 0 Å². The molecule has 2 aromatic rings. The average molecular weight is 364 g/mol. The Morgan fingerprint density at radius 3 is 2.75 bits per heavy atom. The van der Waals surface area contributed by atoms with Crippen LogP contribution in [0.4, 0.5) is 10.1 Å². The molecular formula is C19H16Cl2FNO. The molecule has 1 aliphatic rings. The van der Waals surface area contributed by atoms with Gasteiger partial charge in [0.15, 0.2) is 0 Å². The zero-order valence-electron chi connectivity index (χ0n) is 13.1. The lowest BCUT2D eigenvalue weighted by molar-refractivity contribution is -0.114. The van der Waals surface area contributed by atoms with Crippen molar-refractivity contribution in [3.05, 3.63) is 69.5 Å². The molecule has 1 heterocycles. The molecule has 0 fully saturated rings. The maximum atomic E-state index is 13.4. The second kappa shape index (κ2) is 6.96. The number of benzene rings is 2. The summed E-state index contributed by atoms with van der Waals surface area (Å²) in [6.45, 7) is 2.00. The zero-order valence-corrected chi connectivity index (χ0v) is 14.6.